The number of para-hydroxylation sites is 1. The summed E-state index contributed by atoms with van der Waals surface area (Å²) in [6.45, 7) is 2.79. The van der Waals surface area contributed by atoms with Crippen LogP contribution in [-0.4, -0.2) is 27.7 Å². The number of rotatable bonds is 5. The average Bonchev–Trinajstić information content (AvgIpc) is 3.02. The number of nitrogens with zero attached hydrogens (tertiary/aromatic N) is 2. The summed E-state index contributed by atoms with van der Waals surface area (Å²) >= 11 is 0. The zero-order valence-electron chi connectivity index (χ0n) is 12.2. The molecule has 1 aromatic carbocycles. The molecule has 0 aliphatic heterocycles. The summed E-state index contributed by atoms with van der Waals surface area (Å²) in [4.78, 5) is 16.6. The van der Waals surface area contributed by atoms with Crippen molar-refractivity contribution < 1.29 is 9.53 Å². The van der Waals surface area contributed by atoms with E-state index in [1.165, 1.54) is 0 Å². The zero-order valence-corrected chi connectivity index (χ0v) is 12.2. The second-order valence-corrected chi connectivity index (χ2v) is 4.72. The minimum Gasteiger partial charge on any atom is -0.478 e. The standard InChI is InChI=1S/C16H16N4O2/c1-2-22-16-12(6-4-8-17-16)9-18-15(21)13-7-3-5-11-10-19-20-14(11)13/h3-8,10H,2,9H2,1H3,(H,18,21)(H,19,20). The summed E-state index contributed by atoms with van der Waals surface area (Å²) in [6, 6.07) is 9.21. The number of carbonyl (C=O) groups is 1. The van der Waals surface area contributed by atoms with Crippen LogP contribution in [0.2, 0.25) is 0 Å². The third-order valence-corrected chi connectivity index (χ3v) is 3.29. The van der Waals surface area contributed by atoms with Gasteiger partial charge in [0.15, 0.2) is 0 Å². The van der Waals surface area contributed by atoms with Gasteiger partial charge in [0.2, 0.25) is 5.88 Å². The van der Waals surface area contributed by atoms with Crippen LogP contribution in [0.15, 0.2) is 42.7 Å². The number of amides is 1. The first-order valence-electron chi connectivity index (χ1n) is 7.06. The maximum Gasteiger partial charge on any atom is 0.253 e. The number of aromatic amines is 1. The first-order chi connectivity index (χ1) is 10.8. The van der Waals surface area contributed by atoms with Crippen LogP contribution >= 0.6 is 0 Å². The van der Waals surface area contributed by atoms with Crippen molar-refractivity contribution in [2.75, 3.05) is 6.61 Å². The number of hydrogen-bond acceptors (Lipinski definition) is 4. The molecule has 22 heavy (non-hydrogen) atoms. The molecule has 2 N–H and O–H groups in total. The molecular weight excluding hydrogens is 280 g/mol. The Labute approximate surface area is 127 Å². The van der Waals surface area contributed by atoms with Crippen LogP contribution in [-0.2, 0) is 6.54 Å². The fourth-order valence-electron chi connectivity index (χ4n) is 2.25. The van der Waals surface area contributed by atoms with Gasteiger partial charge in [-0.25, -0.2) is 4.98 Å². The molecule has 0 spiro atoms. The molecule has 2 heterocycles. The van der Waals surface area contributed by atoms with Crippen molar-refractivity contribution in [3.63, 3.8) is 0 Å². The molecule has 0 unspecified atom stereocenters. The highest BCUT2D eigenvalue weighted by Crippen LogP contribution is 2.17. The lowest BCUT2D eigenvalue weighted by molar-refractivity contribution is 0.0952. The van der Waals surface area contributed by atoms with Crippen LogP contribution in [0.25, 0.3) is 10.9 Å². The van der Waals surface area contributed by atoms with E-state index < -0.39 is 0 Å². The van der Waals surface area contributed by atoms with Gasteiger partial charge in [0.05, 0.1) is 23.9 Å². The number of carbonyl (C=O) groups excluding carboxylic acids is 1. The number of benzene rings is 1. The molecule has 0 saturated heterocycles. The molecular formula is C16H16N4O2. The Hall–Kier alpha value is -2.89. The lowest BCUT2D eigenvalue weighted by Crippen LogP contribution is -2.23. The molecule has 0 atom stereocenters. The molecule has 0 bridgehead atoms. The Morgan fingerprint density at radius 3 is 3.09 bits per heavy atom. The van der Waals surface area contributed by atoms with E-state index in [9.17, 15) is 4.79 Å². The van der Waals surface area contributed by atoms with Gasteiger partial charge in [-0.15, -0.1) is 0 Å². The third-order valence-electron chi connectivity index (χ3n) is 3.29. The van der Waals surface area contributed by atoms with Crippen molar-refractivity contribution in [2.24, 2.45) is 0 Å². The first-order valence-corrected chi connectivity index (χ1v) is 7.06. The molecule has 0 saturated carbocycles. The van der Waals surface area contributed by atoms with Gasteiger partial charge in [-0.2, -0.15) is 5.10 Å². The number of pyridine rings is 1. The van der Waals surface area contributed by atoms with Crippen LogP contribution in [0.5, 0.6) is 5.88 Å². The molecule has 0 radical (unpaired) electrons. The molecule has 3 aromatic rings. The molecule has 0 aliphatic rings. The summed E-state index contributed by atoms with van der Waals surface area (Å²) in [5.41, 5.74) is 2.14. The fourth-order valence-corrected chi connectivity index (χ4v) is 2.25. The van der Waals surface area contributed by atoms with Crippen molar-refractivity contribution in [1.29, 1.82) is 0 Å². The van der Waals surface area contributed by atoms with E-state index in [0.717, 1.165) is 16.5 Å². The Morgan fingerprint density at radius 2 is 2.23 bits per heavy atom. The maximum absolute atomic E-state index is 12.4. The maximum atomic E-state index is 12.4. The van der Waals surface area contributed by atoms with Gasteiger partial charge in [0.25, 0.3) is 5.91 Å². The van der Waals surface area contributed by atoms with Crippen molar-refractivity contribution in [3.8, 4) is 5.88 Å². The summed E-state index contributed by atoms with van der Waals surface area (Å²) in [7, 11) is 0. The highest BCUT2D eigenvalue weighted by molar-refractivity contribution is 6.05. The number of nitrogens with one attached hydrogen (secondary N) is 2. The third kappa shape index (κ3) is 2.76. The molecule has 112 valence electrons. The normalized spacial score (nSPS) is 10.6. The van der Waals surface area contributed by atoms with E-state index in [0.29, 0.717) is 24.6 Å². The van der Waals surface area contributed by atoms with E-state index in [4.69, 9.17) is 4.74 Å². The van der Waals surface area contributed by atoms with Gasteiger partial charge in [-0.1, -0.05) is 18.2 Å². The van der Waals surface area contributed by atoms with Crippen LogP contribution in [0.1, 0.15) is 22.8 Å². The van der Waals surface area contributed by atoms with Gasteiger partial charge < -0.3 is 10.1 Å². The van der Waals surface area contributed by atoms with E-state index in [-0.39, 0.29) is 5.91 Å². The summed E-state index contributed by atoms with van der Waals surface area (Å²) < 4.78 is 5.45. The Kier molecular flexibility index (Phi) is 4.00. The van der Waals surface area contributed by atoms with Gasteiger partial charge in [-0.3, -0.25) is 9.89 Å². The summed E-state index contributed by atoms with van der Waals surface area (Å²) in [5.74, 6) is 0.381. The number of aromatic nitrogens is 3. The molecule has 0 aliphatic carbocycles. The average molecular weight is 296 g/mol. The SMILES string of the molecule is CCOc1ncccc1CNC(=O)c1cccc2cn[nH]c12. The lowest BCUT2D eigenvalue weighted by Gasteiger charge is -2.10. The summed E-state index contributed by atoms with van der Waals surface area (Å²) in [5, 5.41) is 10.6. The highest BCUT2D eigenvalue weighted by atomic mass is 16.5. The number of ether oxygens (including phenoxy) is 1. The first kappa shape index (κ1) is 14.1. The molecule has 6 heteroatoms. The monoisotopic (exact) mass is 296 g/mol. The molecule has 0 fully saturated rings. The van der Waals surface area contributed by atoms with Crippen molar-refractivity contribution in [2.45, 2.75) is 13.5 Å². The van der Waals surface area contributed by atoms with Gasteiger partial charge >= 0.3 is 0 Å². The number of fused-ring (bicyclic) bond motifs is 1. The zero-order chi connectivity index (χ0) is 15.4. The number of hydrogen-bond donors (Lipinski definition) is 2. The van der Waals surface area contributed by atoms with E-state index in [1.807, 2.05) is 31.2 Å². The quantitative estimate of drug-likeness (QED) is 0.757. The molecule has 1 amide bonds. The van der Waals surface area contributed by atoms with E-state index in [1.54, 1.807) is 18.5 Å². The van der Waals surface area contributed by atoms with Crippen molar-refractivity contribution in [3.05, 3.63) is 53.9 Å². The fraction of sp³-hybridized carbons (Fsp3) is 0.188. The minimum absolute atomic E-state index is 0.166. The van der Waals surface area contributed by atoms with Gasteiger partial charge in [-0.05, 0) is 19.1 Å². The van der Waals surface area contributed by atoms with Crippen molar-refractivity contribution in [1.82, 2.24) is 20.5 Å². The Balaban J connectivity index is 1.77. The molecule has 6 nitrogen and oxygen atoms in total. The predicted molar refractivity (Wildman–Crippen MR) is 82.7 cm³/mol. The van der Waals surface area contributed by atoms with Crippen LogP contribution in [0.3, 0.4) is 0 Å². The second-order valence-electron chi connectivity index (χ2n) is 4.72. The van der Waals surface area contributed by atoms with Gasteiger partial charge in [0, 0.05) is 23.7 Å². The number of H-pyrrole nitrogens is 1. The minimum atomic E-state index is -0.166. The van der Waals surface area contributed by atoms with Crippen LogP contribution in [0.4, 0.5) is 0 Å². The molecule has 3 rings (SSSR count). The van der Waals surface area contributed by atoms with E-state index >= 15 is 0 Å². The Bertz CT molecular complexity index is 797. The lowest BCUT2D eigenvalue weighted by atomic mass is 10.1. The van der Waals surface area contributed by atoms with Gasteiger partial charge in [0.1, 0.15) is 0 Å². The Morgan fingerprint density at radius 1 is 1.32 bits per heavy atom. The van der Waals surface area contributed by atoms with Crippen LogP contribution in [0, 0.1) is 0 Å². The van der Waals surface area contributed by atoms with Crippen molar-refractivity contribution >= 4 is 16.8 Å². The second kappa shape index (κ2) is 6.26. The van der Waals surface area contributed by atoms with E-state index in [2.05, 4.69) is 20.5 Å². The molecule has 2 aromatic heterocycles. The topological polar surface area (TPSA) is 79.9 Å². The van der Waals surface area contributed by atoms with Crippen LogP contribution < -0.4 is 10.1 Å². The smallest absolute Gasteiger partial charge is 0.253 e. The predicted octanol–water partition coefficient (Wildman–Crippen LogP) is 2.29. The largest absolute Gasteiger partial charge is 0.478 e. The highest BCUT2D eigenvalue weighted by Gasteiger charge is 2.12. The summed E-state index contributed by atoms with van der Waals surface area (Å²) in [6.07, 6.45) is 3.36.